The van der Waals surface area contributed by atoms with Crippen LogP contribution in [0, 0.1) is 0 Å². The largest absolute Gasteiger partial charge is 0.494 e. The quantitative estimate of drug-likeness (QED) is 0.779. The summed E-state index contributed by atoms with van der Waals surface area (Å²) in [5.74, 6) is -2.36. The third-order valence-electron chi connectivity index (χ3n) is 2.86. The molecule has 6 heteroatoms. The van der Waals surface area contributed by atoms with Crippen molar-refractivity contribution in [2.45, 2.75) is 45.3 Å². The summed E-state index contributed by atoms with van der Waals surface area (Å²) in [6, 6.07) is 5.22. The summed E-state index contributed by atoms with van der Waals surface area (Å²) in [5, 5.41) is 9.14. The number of carbonyl (C=O) groups excluding carboxylic acids is 1. The second-order valence-electron chi connectivity index (χ2n) is 5.88. The fraction of sp³-hybridized carbons (Fsp3) is 0.500. The van der Waals surface area contributed by atoms with Crippen molar-refractivity contribution in [2.24, 2.45) is 5.73 Å². The molecule has 0 amide bonds. The fourth-order valence-electron chi connectivity index (χ4n) is 1.94. The van der Waals surface area contributed by atoms with Crippen molar-refractivity contribution < 1.29 is 24.2 Å². The van der Waals surface area contributed by atoms with Crippen molar-refractivity contribution >= 4 is 11.9 Å². The van der Waals surface area contributed by atoms with Gasteiger partial charge in [0.1, 0.15) is 23.3 Å². The maximum Gasteiger partial charge on any atom is 0.321 e. The highest BCUT2D eigenvalue weighted by atomic mass is 16.6. The molecular formula is C16H23NO5. The molecule has 2 atom stereocenters. The van der Waals surface area contributed by atoms with Gasteiger partial charge >= 0.3 is 11.9 Å². The van der Waals surface area contributed by atoms with Crippen LogP contribution >= 0.6 is 0 Å². The highest BCUT2D eigenvalue weighted by Crippen LogP contribution is 2.25. The molecule has 0 bridgehead atoms. The van der Waals surface area contributed by atoms with E-state index in [1.54, 1.807) is 45.0 Å². The Morgan fingerprint density at radius 2 is 1.77 bits per heavy atom. The van der Waals surface area contributed by atoms with E-state index in [9.17, 15) is 9.59 Å². The predicted octanol–water partition coefficient (Wildman–Crippen LogP) is 1.92. The standard InChI is InChI=1S/C16H23NO5/c1-5-21-11-8-6-10(7-9-11)12(13(17)14(18)19)15(20)22-16(2,3)4/h6-9,12-13H,5,17H2,1-4H3,(H,18,19)/t12-,13+/m1/s1. The highest BCUT2D eigenvalue weighted by Gasteiger charge is 2.35. The lowest BCUT2D eigenvalue weighted by Gasteiger charge is -2.26. The molecular weight excluding hydrogens is 286 g/mol. The van der Waals surface area contributed by atoms with Crippen LogP contribution < -0.4 is 10.5 Å². The summed E-state index contributed by atoms with van der Waals surface area (Å²) in [7, 11) is 0. The molecule has 0 unspecified atom stereocenters. The van der Waals surface area contributed by atoms with Crippen molar-refractivity contribution in [3.8, 4) is 5.75 Å². The van der Waals surface area contributed by atoms with Crippen molar-refractivity contribution in [2.75, 3.05) is 6.61 Å². The predicted molar refractivity (Wildman–Crippen MR) is 81.8 cm³/mol. The van der Waals surface area contributed by atoms with E-state index < -0.39 is 29.5 Å². The summed E-state index contributed by atoms with van der Waals surface area (Å²) in [5.41, 5.74) is 5.43. The maximum absolute atomic E-state index is 12.3. The van der Waals surface area contributed by atoms with E-state index in [2.05, 4.69) is 0 Å². The summed E-state index contributed by atoms with van der Waals surface area (Å²) < 4.78 is 10.6. The van der Waals surface area contributed by atoms with E-state index in [0.29, 0.717) is 17.9 Å². The van der Waals surface area contributed by atoms with Gasteiger partial charge in [-0.1, -0.05) is 12.1 Å². The van der Waals surface area contributed by atoms with Crippen molar-refractivity contribution in [1.29, 1.82) is 0 Å². The number of hydrogen-bond acceptors (Lipinski definition) is 5. The number of nitrogens with two attached hydrogens (primary N) is 1. The van der Waals surface area contributed by atoms with Crippen LogP contribution in [0.1, 0.15) is 39.2 Å². The Hall–Kier alpha value is -2.08. The fourth-order valence-corrected chi connectivity index (χ4v) is 1.94. The third kappa shape index (κ3) is 5.04. The van der Waals surface area contributed by atoms with Gasteiger partial charge in [0, 0.05) is 0 Å². The average molecular weight is 309 g/mol. The third-order valence-corrected chi connectivity index (χ3v) is 2.86. The van der Waals surface area contributed by atoms with Gasteiger partial charge in [-0.15, -0.1) is 0 Å². The van der Waals surface area contributed by atoms with Crippen LogP contribution in [0.25, 0.3) is 0 Å². The Morgan fingerprint density at radius 3 is 2.18 bits per heavy atom. The molecule has 22 heavy (non-hydrogen) atoms. The molecule has 122 valence electrons. The maximum atomic E-state index is 12.3. The number of hydrogen-bond donors (Lipinski definition) is 2. The van der Waals surface area contributed by atoms with E-state index in [4.69, 9.17) is 20.3 Å². The van der Waals surface area contributed by atoms with Crippen LogP contribution in [0.2, 0.25) is 0 Å². The number of aliphatic carboxylic acids is 1. The number of rotatable bonds is 6. The first-order valence-corrected chi connectivity index (χ1v) is 7.09. The van der Waals surface area contributed by atoms with E-state index in [1.165, 1.54) is 0 Å². The van der Waals surface area contributed by atoms with Crippen molar-refractivity contribution in [1.82, 2.24) is 0 Å². The van der Waals surface area contributed by atoms with E-state index in [-0.39, 0.29) is 0 Å². The molecule has 0 aliphatic carbocycles. The van der Waals surface area contributed by atoms with Gasteiger partial charge in [-0.2, -0.15) is 0 Å². The molecule has 1 aromatic rings. The van der Waals surface area contributed by atoms with Crippen molar-refractivity contribution in [3.05, 3.63) is 29.8 Å². The topological polar surface area (TPSA) is 98.9 Å². The first-order valence-electron chi connectivity index (χ1n) is 7.09. The lowest BCUT2D eigenvalue weighted by atomic mass is 9.91. The minimum absolute atomic E-state index is 0.479. The number of benzene rings is 1. The SMILES string of the molecule is CCOc1ccc([C@@H](C(=O)OC(C)(C)C)[C@H](N)C(=O)O)cc1. The first-order chi connectivity index (χ1) is 10.2. The lowest BCUT2D eigenvalue weighted by Crippen LogP contribution is -2.42. The Labute approximate surface area is 130 Å². The van der Waals surface area contributed by atoms with Gasteiger partial charge in [0.25, 0.3) is 0 Å². The molecule has 0 fully saturated rings. The summed E-state index contributed by atoms with van der Waals surface area (Å²) >= 11 is 0. The van der Waals surface area contributed by atoms with Gasteiger partial charge in [-0.3, -0.25) is 9.59 Å². The molecule has 0 radical (unpaired) electrons. The molecule has 0 spiro atoms. The van der Waals surface area contributed by atoms with Crippen LogP contribution in [-0.4, -0.2) is 35.3 Å². The van der Waals surface area contributed by atoms with E-state index in [0.717, 1.165) is 0 Å². The number of carboxylic acid groups (broad SMARTS) is 1. The first kappa shape index (κ1) is 18.0. The number of esters is 1. The highest BCUT2D eigenvalue weighted by molar-refractivity contribution is 5.87. The molecule has 0 aromatic heterocycles. The second kappa shape index (κ2) is 7.26. The molecule has 0 saturated carbocycles. The Morgan fingerprint density at radius 1 is 1.23 bits per heavy atom. The van der Waals surface area contributed by atoms with Crippen LogP contribution in [0.5, 0.6) is 5.75 Å². The lowest BCUT2D eigenvalue weighted by molar-refractivity contribution is -0.160. The molecule has 0 saturated heterocycles. The van der Waals surface area contributed by atoms with Crippen LogP contribution in [0.15, 0.2) is 24.3 Å². The van der Waals surface area contributed by atoms with Crippen LogP contribution in [-0.2, 0) is 14.3 Å². The second-order valence-corrected chi connectivity index (χ2v) is 5.88. The smallest absolute Gasteiger partial charge is 0.321 e. The van der Waals surface area contributed by atoms with Gasteiger partial charge in [-0.25, -0.2) is 0 Å². The minimum atomic E-state index is -1.38. The number of ether oxygens (including phenoxy) is 2. The van der Waals surface area contributed by atoms with Gasteiger partial charge in [0.15, 0.2) is 0 Å². The zero-order valence-electron chi connectivity index (χ0n) is 13.3. The van der Waals surface area contributed by atoms with E-state index >= 15 is 0 Å². The molecule has 0 aliphatic rings. The Bertz CT molecular complexity index is 518. The van der Waals surface area contributed by atoms with Gasteiger partial charge < -0.3 is 20.3 Å². The molecule has 0 heterocycles. The molecule has 6 nitrogen and oxygen atoms in total. The zero-order valence-corrected chi connectivity index (χ0v) is 13.3. The molecule has 1 rings (SSSR count). The molecule has 0 aliphatic heterocycles. The summed E-state index contributed by atoms with van der Waals surface area (Å²) in [6.07, 6.45) is 0. The number of carbonyl (C=O) groups is 2. The van der Waals surface area contributed by atoms with Gasteiger partial charge in [0.2, 0.25) is 0 Å². The van der Waals surface area contributed by atoms with Crippen molar-refractivity contribution in [3.63, 3.8) is 0 Å². The normalized spacial score (nSPS) is 14.0. The zero-order chi connectivity index (χ0) is 16.9. The summed E-state index contributed by atoms with van der Waals surface area (Å²) in [6.45, 7) is 7.52. The minimum Gasteiger partial charge on any atom is -0.494 e. The van der Waals surface area contributed by atoms with Crippen LogP contribution in [0.3, 0.4) is 0 Å². The molecule has 1 aromatic carbocycles. The Balaban J connectivity index is 3.09. The average Bonchev–Trinajstić information content (AvgIpc) is 2.39. The van der Waals surface area contributed by atoms with E-state index in [1.807, 2.05) is 6.92 Å². The van der Waals surface area contributed by atoms with Gasteiger partial charge in [-0.05, 0) is 45.4 Å². The van der Waals surface area contributed by atoms with Gasteiger partial charge in [0.05, 0.1) is 6.61 Å². The van der Waals surface area contributed by atoms with Crippen LogP contribution in [0.4, 0.5) is 0 Å². The molecule has 3 N–H and O–H groups in total. The summed E-state index contributed by atoms with van der Waals surface area (Å²) in [4.78, 5) is 23.5. The monoisotopic (exact) mass is 309 g/mol. The number of carboxylic acids is 1. The Kier molecular flexibility index (Phi) is 5.93.